The summed E-state index contributed by atoms with van der Waals surface area (Å²) < 4.78 is 12.6. The number of benzene rings is 1. The maximum atomic E-state index is 12.6. The Hall–Kier alpha value is -1.46. The van der Waals surface area contributed by atoms with Crippen molar-refractivity contribution < 1.29 is 9.18 Å². The van der Waals surface area contributed by atoms with Crippen molar-refractivity contribution in [2.45, 2.75) is 6.42 Å². The van der Waals surface area contributed by atoms with Crippen LogP contribution in [0.2, 0.25) is 0 Å². The molecule has 0 heterocycles. The first-order valence-electron chi connectivity index (χ1n) is 5.99. The van der Waals surface area contributed by atoms with Crippen LogP contribution in [0.4, 0.5) is 10.1 Å². The summed E-state index contributed by atoms with van der Waals surface area (Å²) in [4.78, 5) is 13.6. The van der Waals surface area contributed by atoms with Crippen LogP contribution >= 0.6 is 0 Å². The van der Waals surface area contributed by atoms with E-state index in [9.17, 15) is 9.18 Å². The first-order chi connectivity index (χ1) is 8.58. The van der Waals surface area contributed by atoms with Gasteiger partial charge >= 0.3 is 0 Å². The molecule has 5 heteroatoms. The topological polar surface area (TPSA) is 44.4 Å². The van der Waals surface area contributed by atoms with Crippen LogP contribution in [0, 0.1) is 5.82 Å². The second-order valence-corrected chi connectivity index (χ2v) is 4.39. The highest BCUT2D eigenvalue weighted by Gasteiger charge is 2.01. The monoisotopic (exact) mass is 253 g/mol. The highest BCUT2D eigenvalue weighted by Crippen LogP contribution is 2.07. The molecule has 0 aliphatic heterocycles. The maximum absolute atomic E-state index is 12.6. The van der Waals surface area contributed by atoms with E-state index in [2.05, 4.69) is 15.5 Å². The largest absolute Gasteiger partial charge is 0.325 e. The molecule has 1 aromatic rings. The van der Waals surface area contributed by atoms with Crippen molar-refractivity contribution in [1.29, 1.82) is 0 Å². The van der Waals surface area contributed by atoms with Crippen LogP contribution in [-0.2, 0) is 4.79 Å². The van der Waals surface area contributed by atoms with Crippen molar-refractivity contribution in [3.8, 4) is 0 Å². The lowest BCUT2D eigenvalue weighted by molar-refractivity contribution is -0.115. The van der Waals surface area contributed by atoms with E-state index < -0.39 is 0 Å². The van der Waals surface area contributed by atoms with E-state index in [1.54, 1.807) is 12.1 Å². The van der Waals surface area contributed by atoms with Crippen LogP contribution in [0.5, 0.6) is 0 Å². The van der Waals surface area contributed by atoms with Gasteiger partial charge in [-0.3, -0.25) is 4.79 Å². The minimum atomic E-state index is -0.310. The Balaban J connectivity index is 2.16. The molecule has 0 saturated heterocycles. The third kappa shape index (κ3) is 6.32. The lowest BCUT2D eigenvalue weighted by atomic mass is 10.3. The standard InChI is InChI=1S/C13H20FN3O/c1-17(2)9-3-8-15-10-13(18)16-12-6-4-11(14)5-7-12/h4-7,15H,3,8-10H2,1-2H3,(H,16,18). The Morgan fingerprint density at radius 2 is 1.94 bits per heavy atom. The van der Waals surface area contributed by atoms with Crippen molar-refractivity contribution in [3.05, 3.63) is 30.1 Å². The number of halogens is 1. The summed E-state index contributed by atoms with van der Waals surface area (Å²) in [6, 6.07) is 5.72. The third-order valence-electron chi connectivity index (χ3n) is 2.37. The number of carbonyl (C=O) groups excluding carboxylic acids is 1. The summed E-state index contributed by atoms with van der Waals surface area (Å²) in [6.45, 7) is 2.06. The van der Waals surface area contributed by atoms with Crippen molar-refractivity contribution in [2.24, 2.45) is 0 Å². The molecule has 1 rings (SSSR count). The average Bonchev–Trinajstić information content (AvgIpc) is 2.31. The minimum Gasteiger partial charge on any atom is -0.325 e. The summed E-state index contributed by atoms with van der Waals surface area (Å²) in [7, 11) is 4.03. The highest BCUT2D eigenvalue weighted by atomic mass is 19.1. The molecule has 0 bridgehead atoms. The molecule has 100 valence electrons. The van der Waals surface area contributed by atoms with E-state index in [0.717, 1.165) is 19.5 Å². The molecule has 4 nitrogen and oxygen atoms in total. The zero-order chi connectivity index (χ0) is 13.4. The van der Waals surface area contributed by atoms with Gasteiger partial charge in [-0.05, 0) is 57.9 Å². The van der Waals surface area contributed by atoms with Gasteiger partial charge < -0.3 is 15.5 Å². The summed E-state index contributed by atoms with van der Waals surface area (Å²) in [5.74, 6) is -0.429. The number of anilines is 1. The molecule has 0 unspecified atom stereocenters. The van der Waals surface area contributed by atoms with Gasteiger partial charge in [-0.25, -0.2) is 4.39 Å². The smallest absolute Gasteiger partial charge is 0.238 e. The van der Waals surface area contributed by atoms with E-state index in [4.69, 9.17) is 0 Å². The van der Waals surface area contributed by atoms with E-state index in [1.807, 2.05) is 14.1 Å². The summed E-state index contributed by atoms with van der Waals surface area (Å²) in [5.41, 5.74) is 0.608. The van der Waals surface area contributed by atoms with E-state index in [-0.39, 0.29) is 18.3 Å². The van der Waals surface area contributed by atoms with Gasteiger partial charge in [-0.1, -0.05) is 0 Å². The predicted octanol–water partition coefficient (Wildman–Crippen LogP) is 1.31. The molecule has 0 aliphatic carbocycles. The van der Waals surface area contributed by atoms with Gasteiger partial charge in [0.1, 0.15) is 5.82 Å². The number of amides is 1. The molecule has 0 fully saturated rings. The number of carbonyl (C=O) groups is 1. The zero-order valence-electron chi connectivity index (χ0n) is 10.9. The molecule has 0 spiro atoms. The van der Waals surface area contributed by atoms with Gasteiger partial charge in [0.25, 0.3) is 0 Å². The second kappa shape index (κ2) is 7.79. The Kier molecular flexibility index (Phi) is 6.32. The summed E-state index contributed by atoms with van der Waals surface area (Å²) >= 11 is 0. The van der Waals surface area contributed by atoms with Gasteiger partial charge in [0.2, 0.25) is 5.91 Å². The molecule has 0 atom stereocenters. The Morgan fingerprint density at radius 3 is 2.56 bits per heavy atom. The van der Waals surface area contributed by atoms with Crippen molar-refractivity contribution in [3.63, 3.8) is 0 Å². The van der Waals surface area contributed by atoms with Crippen LogP contribution in [-0.4, -0.2) is 44.5 Å². The molecule has 0 saturated carbocycles. The van der Waals surface area contributed by atoms with E-state index >= 15 is 0 Å². The van der Waals surface area contributed by atoms with E-state index in [0.29, 0.717) is 5.69 Å². The molecule has 1 amide bonds. The quantitative estimate of drug-likeness (QED) is 0.720. The molecular weight excluding hydrogens is 233 g/mol. The van der Waals surface area contributed by atoms with Crippen LogP contribution < -0.4 is 10.6 Å². The summed E-state index contributed by atoms with van der Waals surface area (Å²) in [6.07, 6.45) is 0.997. The molecule has 2 N–H and O–H groups in total. The normalized spacial score (nSPS) is 10.7. The zero-order valence-corrected chi connectivity index (χ0v) is 10.9. The van der Waals surface area contributed by atoms with Crippen molar-refractivity contribution in [2.75, 3.05) is 39.0 Å². The number of hydrogen-bond donors (Lipinski definition) is 2. The molecule has 0 radical (unpaired) electrons. The second-order valence-electron chi connectivity index (χ2n) is 4.39. The van der Waals surface area contributed by atoms with Crippen LogP contribution in [0.3, 0.4) is 0 Å². The fourth-order valence-corrected chi connectivity index (χ4v) is 1.46. The molecule has 0 aromatic heterocycles. The highest BCUT2D eigenvalue weighted by molar-refractivity contribution is 5.92. The number of nitrogens with one attached hydrogen (secondary N) is 2. The maximum Gasteiger partial charge on any atom is 0.238 e. The molecular formula is C13H20FN3O. The van der Waals surface area contributed by atoms with Gasteiger partial charge in [0.05, 0.1) is 6.54 Å². The number of rotatable bonds is 7. The first kappa shape index (κ1) is 14.6. The average molecular weight is 253 g/mol. The number of hydrogen-bond acceptors (Lipinski definition) is 3. The SMILES string of the molecule is CN(C)CCCNCC(=O)Nc1ccc(F)cc1. The molecule has 0 aliphatic rings. The lowest BCUT2D eigenvalue weighted by Gasteiger charge is -2.10. The molecule has 1 aromatic carbocycles. The summed E-state index contributed by atoms with van der Waals surface area (Å²) in [5, 5.41) is 5.75. The predicted molar refractivity (Wildman–Crippen MR) is 71.1 cm³/mol. The van der Waals surface area contributed by atoms with Crippen molar-refractivity contribution >= 4 is 11.6 Å². The lowest BCUT2D eigenvalue weighted by Crippen LogP contribution is -2.30. The van der Waals surface area contributed by atoms with E-state index in [1.165, 1.54) is 12.1 Å². The third-order valence-corrected chi connectivity index (χ3v) is 2.37. The first-order valence-corrected chi connectivity index (χ1v) is 5.99. The Morgan fingerprint density at radius 1 is 1.28 bits per heavy atom. The van der Waals surface area contributed by atoms with Crippen LogP contribution in [0.25, 0.3) is 0 Å². The Labute approximate surface area is 107 Å². The van der Waals surface area contributed by atoms with Gasteiger partial charge in [0.15, 0.2) is 0 Å². The van der Waals surface area contributed by atoms with Crippen LogP contribution in [0.1, 0.15) is 6.42 Å². The molecule has 18 heavy (non-hydrogen) atoms. The van der Waals surface area contributed by atoms with Crippen molar-refractivity contribution in [1.82, 2.24) is 10.2 Å². The van der Waals surface area contributed by atoms with Gasteiger partial charge in [-0.2, -0.15) is 0 Å². The van der Waals surface area contributed by atoms with Crippen LogP contribution in [0.15, 0.2) is 24.3 Å². The fraction of sp³-hybridized carbons (Fsp3) is 0.462. The van der Waals surface area contributed by atoms with Gasteiger partial charge in [-0.15, -0.1) is 0 Å². The van der Waals surface area contributed by atoms with Gasteiger partial charge in [0, 0.05) is 5.69 Å². The Bertz CT molecular complexity index is 365. The minimum absolute atomic E-state index is 0.119. The number of nitrogens with zero attached hydrogens (tertiary/aromatic N) is 1. The fourth-order valence-electron chi connectivity index (χ4n) is 1.46.